The maximum Gasteiger partial charge on any atom is 0.103 e. The summed E-state index contributed by atoms with van der Waals surface area (Å²) in [5, 5.41) is 8.82. The second-order valence-corrected chi connectivity index (χ2v) is 24.8. The molecule has 8 bridgehead atoms. The molecule has 0 saturated carbocycles. The average Bonchev–Trinajstić information content (AvgIpc) is 3.55. The van der Waals surface area contributed by atoms with Crippen molar-refractivity contribution in [3.63, 3.8) is 0 Å². The van der Waals surface area contributed by atoms with Gasteiger partial charge >= 0.3 is 0 Å². The molecular formula is C24H44N4S7. The van der Waals surface area contributed by atoms with Gasteiger partial charge in [0.2, 0.25) is 0 Å². The third kappa shape index (κ3) is 5.42. The van der Waals surface area contributed by atoms with Gasteiger partial charge in [-0.2, -0.15) is 0 Å². The van der Waals surface area contributed by atoms with Crippen molar-refractivity contribution in [3.8, 4) is 0 Å². The average molecular weight is 613 g/mol. The van der Waals surface area contributed by atoms with E-state index in [4.69, 9.17) is 56.4 Å². The van der Waals surface area contributed by atoms with Gasteiger partial charge in [-0.3, -0.25) is 22.4 Å². The summed E-state index contributed by atoms with van der Waals surface area (Å²) in [4.78, 5) is 4.30. The molecule has 13 unspecified atom stereocenters. The number of quaternary nitrogens is 1. The van der Waals surface area contributed by atoms with Gasteiger partial charge < -0.3 is 28.4 Å². The second kappa shape index (κ2) is 11.0. The Bertz CT molecular complexity index is 963. The highest BCUT2D eigenvalue weighted by atomic mass is 33.5. The summed E-state index contributed by atoms with van der Waals surface area (Å²) in [5.74, 6) is 2.06. The largest absolute Gasteiger partial charge is 0.341 e. The molecule has 202 valence electrons. The predicted molar refractivity (Wildman–Crippen MR) is 167 cm³/mol. The van der Waals surface area contributed by atoms with E-state index in [0.29, 0.717) is 59.4 Å². The molecule has 5 aliphatic rings. The molecule has 4 nitrogen and oxygen atoms in total. The molecule has 0 spiro atoms. The van der Waals surface area contributed by atoms with E-state index in [2.05, 4.69) is 43.5 Å². The van der Waals surface area contributed by atoms with Crippen LogP contribution in [0, 0.1) is 17.8 Å². The fraction of sp³-hybridized carbons (Fsp3) is 1.00. The molecule has 0 amide bonds. The minimum absolute atomic E-state index is 0.266. The summed E-state index contributed by atoms with van der Waals surface area (Å²) in [7, 11) is 4.26. The van der Waals surface area contributed by atoms with E-state index in [9.17, 15) is 0 Å². The zero-order valence-corrected chi connectivity index (χ0v) is 27.2. The number of thiol groups is 1. The Morgan fingerprint density at radius 1 is 0.886 bits per heavy atom. The van der Waals surface area contributed by atoms with Gasteiger partial charge in [0.15, 0.2) is 0 Å². The zero-order valence-electron chi connectivity index (χ0n) is 21.4. The Morgan fingerprint density at radius 2 is 1.46 bits per heavy atom. The SMILES string of the molecule is CC1C2CC(C(S(=S)(=S)S)C3CCC(N3)C([S-](=S)=S)C3CCC(C(C)C4CCC1N4)N3C)[NH+](C)C2. The molecule has 0 aliphatic carbocycles. The standard InChI is InChI=1S/C24H43N4S7/c1-13-15-11-22(27(3)12-15)24(35(31,32)33)19-8-7-18(26-19)23(34(29)30)21-10-9-20(28(21)4)14(2)17-6-5-16(13)25-17/h13-26H,5-12H2,1-4H3,(H,31,32,33)/q-1/p+1. The first-order valence-corrected chi connectivity index (χ1v) is 21.3. The summed E-state index contributed by atoms with van der Waals surface area (Å²) in [6.07, 6.45) is 6.74. The number of nitrogens with zero attached hydrogens (tertiary/aromatic N) is 1. The summed E-state index contributed by atoms with van der Waals surface area (Å²) in [5.41, 5.74) is 0. The number of fused-ring (bicyclic) bond motifs is 8. The number of likely N-dealkylation sites (tertiary alicyclic amines) is 1. The van der Waals surface area contributed by atoms with Crippen LogP contribution in [0.5, 0.6) is 0 Å². The van der Waals surface area contributed by atoms with Crippen molar-refractivity contribution < 1.29 is 4.90 Å². The molecule has 5 fully saturated rings. The zero-order chi connectivity index (χ0) is 25.2. The third-order valence-electron chi connectivity index (χ3n) is 10.8. The van der Waals surface area contributed by atoms with Gasteiger partial charge in [-0.15, -0.1) is 11.7 Å². The predicted octanol–water partition coefficient (Wildman–Crippen LogP) is 1.08. The van der Waals surface area contributed by atoms with E-state index in [1.54, 1.807) is 4.90 Å². The van der Waals surface area contributed by atoms with Gasteiger partial charge in [0.05, 0.1) is 18.8 Å². The number of hydrogen-bond donors (Lipinski definition) is 4. The van der Waals surface area contributed by atoms with Gasteiger partial charge in [0, 0.05) is 36.5 Å². The molecule has 0 aromatic rings. The van der Waals surface area contributed by atoms with Gasteiger partial charge in [0.1, 0.15) is 6.04 Å². The first-order chi connectivity index (χ1) is 16.5. The van der Waals surface area contributed by atoms with Crippen LogP contribution in [0.25, 0.3) is 0 Å². The Labute approximate surface area is 239 Å². The minimum atomic E-state index is -1.84. The van der Waals surface area contributed by atoms with Crippen molar-refractivity contribution >= 4 is 70.6 Å². The third-order valence-corrected chi connectivity index (χ3v) is 16.6. The van der Waals surface area contributed by atoms with E-state index < -0.39 is 14.2 Å². The van der Waals surface area contributed by atoms with Crippen molar-refractivity contribution in [1.82, 2.24) is 15.5 Å². The number of rotatable bonds is 2. The second-order valence-electron chi connectivity index (χ2n) is 12.4. The highest BCUT2D eigenvalue weighted by molar-refractivity contribution is 8.93. The maximum atomic E-state index is 6.01. The Balaban J connectivity index is 1.52. The molecule has 5 rings (SSSR count). The van der Waals surface area contributed by atoms with Crippen LogP contribution in [0.2, 0.25) is 0 Å². The van der Waals surface area contributed by atoms with Crippen LogP contribution in [0.4, 0.5) is 0 Å². The van der Waals surface area contributed by atoms with Crippen LogP contribution < -0.4 is 15.5 Å². The van der Waals surface area contributed by atoms with Crippen LogP contribution in [0.15, 0.2) is 0 Å². The van der Waals surface area contributed by atoms with E-state index >= 15 is 0 Å². The lowest BCUT2D eigenvalue weighted by Crippen LogP contribution is -3.12. The topological polar surface area (TPSA) is 31.7 Å². The van der Waals surface area contributed by atoms with Crippen LogP contribution >= 0.6 is 11.7 Å². The quantitative estimate of drug-likeness (QED) is 0.211. The molecule has 13 atom stereocenters. The summed E-state index contributed by atoms with van der Waals surface area (Å²) in [6.45, 7) is 6.22. The highest BCUT2D eigenvalue weighted by Crippen LogP contribution is 2.39. The van der Waals surface area contributed by atoms with Gasteiger partial charge in [-0.25, -0.2) is 0 Å². The Hall–Kier alpha value is 1.77. The van der Waals surface area contributed by atoms with Gasteiger partial charge in [0.25, 0.3) is 0 Å². The summed E-state index contributed by atoms with van der Waals surface area (Å²) in [6, 6.07) is 3.54. The molecule has 11 heteroatoms. The maximum absolute atomic E-state index is 6.01. The normalized spacial score (nSPS) is 51.3. The summed E-state index contributed by atoms with van der Waals surface area (Å²) < 4.78 is 0. The van der Waals surface area contributed by atoms with Crippen LogP contribution in [-0.4, -0.2) is 78.3 Å². The van der Waals surface area contributed by atoms with Crippen molar-refractivity contribution in [1.29, 1.82) is 0 Å². The van der Waals surface area contributed by atoms with E-state index in [1.165, 1.54) is 38.6 Å². The first kappa shape index (κ1) is 28.3. The van der Waals surface area contributed by atoms with E-state index in [-0.39, 0.29) is 5.25 Å². The monoisotopic (exact) mass is 612 g/mol. The number of nitrogens with one attached hydrogen (secondary N) is 3. The van der Waals surface area contributed by atoms with Crippen LogP contribution in [0.3, 0.4) is 0 Å². The van der Waals surface area contributed by atoms with Crippen LogP contribution in [0.1, 0.15) is 58.8 Å². The molecule has 0 aromatic carbocycles. The highest BCUT2D eigenvalue weighted by Gasteiger charge is 2.51. The molecule has 5 aliphatic heterocycles. The van der Waals surface area contributed by atoms with Crippen molar-refractivity contribution in [2.75, 3.05) is 20.6 Å². The number of hydrogen-bond acceptors (Lipinski definition) is 8. The first-order valence-electron chi connectivity index (χ1n) is 13.6. The van der Waals surface area contributed by atoms with E-state index in [1.807, 2.05) is 0 Å². The van der Waals surface area contributed by atoms with Crippen molar-refractivity contribution in [2.45, 2.75) is 112 Å². The lowest BCUT2D eigenvalue weighted by Gasteiger charge is -2.42. The lowest BCUT2D eigenvalue weighted by molar-refractivity contribution is -0.893. The van der Waals surface area contributed by atoms with Gasteiger partial charge in [-0.1, -0.05) is 19.1 Å². The molecular weight excluding hydrogens is 569 g/mol. The fourth-order valence-corrected chi connectivity index (χ4v) is 15.3. The smallest absolute Gasteiger partial charge is 0.103 e. The molecule has 0 aromatic heterocycles. The molecule has 3 N–H and O–H groups in total. The van der Waals surface area contributed by atoms with Crippen molar-refractivity contribution in [2.24, 2.45) is 17.8 Å². The van der Waals surface area contributed by atoms with Crippen LogP contribution in [-0.2, 0) is 58.9 Å². The summed E-state index contributed by atoms with van der Waals surface area (Å²) >= 11 is 28.7. The lowest BCUT2D eigenvalue weighted by atomic mass is 9.84. The molecule has 5 heterocycles. The Morgan fingerprint density at radius 3 is 2.11 bits per heavy atom. The molecule has 35 heavy (non-hydrogen) atoms. The van der Waals surface area contributed by atoms with Gasteiger partial charge in [-0.05, 0) is 98.0 Å². The van der Waals surface area contributed by atoms with E-state index in [0.717, 1.165) is 18.8 Å². The van der Waals surface area contributed by atoms with Crippen molar-refractivity contribution in [3.05, 3.63) is 0 Å². The molecule has 5 saturated heterocycles. The Kier molecular flexibility index (Phi) is 8.88. The molecule has 0 radical (unpaired) electrons. The fourth-order valence-electron chi connectivity index (χ4n) is 8.79. The minimum Gasteiger partial charge on any atom is -0.341 e.